The maximum absolute atomic E-state index is 11.8. The number of nitrogens with one attached hydrogen (secondary N) is 1. The highest BCUT2D eigenvalue weighted by atomic mass is 16.3. The average molecular weight is 233 g/mol. The summed E-state index contributed by atoms with van der Waals surface area (Å²) in [6.45, 7) is 5.45. The molecule has 1 aromatic carbocycles. The van der Waals surface area contributed by atoms with Gasteiger partial charge >= 0.3 is 0 Å². The minimum absolute atomic E-state index is 0.125. The van der Waals surface area contributed by atoms with Gasteiger partial charge in [0.15, 0.2) is 0 Å². The van der Waals surface area contributed by atoms with Crippen LogP contribution in [0.15, 0.2) is 35.9 Å². The fourth-order valence-corrected chi connectivity index (χ4v) is 1.59. The number of aliphatic hydroxyl groups is 1. The number of aliphatic hydroxyl groups excluding tert-OH is 1. The van der Waals surface area contributed by atoms with Crippen molar-refractivity contribution in [3.05, 3.63) is 41.5 Å². The fraction of sp³-hybridized carbons (Fsp3) is 0.357. The van der Waals surface area contributed by atoms with Gasteiger partial charge in [0.05, 0.1) is 6.10 Å². The fourth-order valence-electron chi connectivity index (χ4n) is 1.59. The zero-order valence-electron chi connectivity index (χ0n) is 10.5. The Hall–Kier alpha value is -1.61. The molecule has 0 spiro atoms. The van der Waals surface area contributed by atoms with E-state index in [1.807, 2.05) is 25.1 Å². The van der Waals surface area contributed by atoms with Gasteiger partial charge in [0, 0.05) is 16.8 Å². The minimum Gasteiger partial charge on any atom is -0.389 e. The molecule has 0 bridgehead atoms. The lowest BCUT2D eigenvalue weighted by Crippen LogP contribution is -2.14. The normalized spacial score (nSPS) is 13.3. The number of allylic oxidation sites excluding steroid dienone is 1. The van der Waals surface area contributed by atoms with Crippen LogP contribution in [-0.4, -0.2) is 11.0 Å². The zero-order valence-corrected chi connectivity index (χ0v) is 10.5. The number of para-hydroxylation sites is 1. The monoisotopic (exact) mass is 233 g/mol. The molecular weight excluding hydrogens is 214 g/mol. The van der Waals surface area contributed by atoms with Gasteiger partial charge < -0.3 is 10.4 Å². The van der Waals surface area contributed by atoms with Crippen LogP contribution >= 0.6 is 0 Å². The molecule has 0 aliphatic rings. The number of hydrogen-bond acceptors (Lipinski definition) is 2. The summed E-state index contributed by atoms with van der Waals surface area (Å²) in [5.74, 6) is -0.125. The second-order valence-electron chi connectivity index (χ2n) is 4.01. The molecule has 0 fully saturated rings. The molecule has 0 saturated heterocycles. The van der Waals surface area contributed by atoms with Crippen molar-refractivity contribution in [3.63, 3.8) is 0 Å². The molecule has 0 aromatic heterocycles. The molecule has 0 heterocycles. The van der Waals surface area contributed by atoms with Crippen molar-refractivity contribution in [2.75, 3.05) is 5.32 Å². The van der Waals surface area contributed by atoms with Crippen LogP contribution in [0.2, 0.25) is 0 Å². The van der Waals surface area contributed by atoms with Gasteiger partial charge in [0.1, 0.15) is 0 Å². The molecule has 0 aliphatic heterocycles. The van der Waals surface area contributed by atoms with Gasteiger partial charge in [0.25, 0.3) is 5.91 Å². The van der Waals surface area contributed by atoms with E-state index in [-0.39, 0.29) is 5.91 Å². The van der Waals surface area contributed by atoms with Crippen LogP contribution in [0.5, 0.6) is 0 Å². The summed E-state index contributed by atoms with van der Waals surface area (Å²) >= 11 is 0. The molecule has 2 N–H and O–H groups in total. The third-order valence-corrected chi connectivity index (χ3v) is 2.53. The molecular formula is C14H19NO2. The van der Waals surface area contributed by atoms with E-state index in [1.165, 1.54) is 0 Å². The molecule has 1 aromatic rings. The Kier molecular flexibility index (Phi) is 4.91. The Morgan fingerprint density at radius 1 is 1.47 bits per heavy atom. The average Bonchev–Trinajstić information content (AvgIpc) is 2.29. The third-order valence-electron chi connectivity index (χ3n) is 2.53. The minimum atomic E-state index is -0.595. The standard InChI is InChI=1S/C14H19NO2/c1-4-7-10(2)14(17)15-13-9-6-5-8-12(13)11(3)16/h5-9,11,16H,4H2,1-3H3,(H,15,17). The summed E-state index contributed by atoms with van der Waals surface area (Å²) in [5, 5.41) is 12.4. The van der Waals surface area contributed by atoms with E-state index in [4.69, 9.17) is 0 Å². The molecule has 1 rings (SSSR count). The first-order valence-corrected chi connectivity index (χ1v) is 5.81. The van der Waals surface area contributed by atoms with E-state index < -0.39 is 6.10 Å². The van der Waals surface area contributed by atoms with Crippen LogP contribution in [0.3, 0.4) is 0 Å². The maximum atomic E-state index is 11.8. The van der Waals surface area contributed by atoms with Gasteiger partial charge in [-0.15, -0.1) is 0 Å². The van der Waals surface area contributed by atoms with Gasteiger partial charge in [-0.25, -0.2) is 0 Å². The van der Waals surface area contributed by atoms with Gasteiger partial charge in [-0.2, -0.15) is 0 Å². The number of carbonyl (C=O) groups excluding carboxylic acids is 1. The van der Waals surface area contributed by atoms with Crippen molar-refractivity contribution >= 4 is 11.6 Å². The van der Waals surface area contributed by atoms with Gasteiger partial charge in [-0.3, -0.25) is 4.79 Å². The predicted molar refractivity (Wildman–Crippen MR) is 69.8 cm³/mol. The zero-order chi connectivity index (χ0) is 12.8. The number of rotatable bonds is 4. The lowest BCUT2D eigenvalue weighted by Gasteiger charge is -2.13. The SMILES string of the molecule is CCC=C(C)C(=O)Nc1ccccc1C(C)O. The molecule has 0 radical (unpaired) electrons. The first-order chi connectivity index (χ1) is 8.06. The molecule has 1 atom stereocenters. The van der Waals surface area contributed by atoms with Crippen LogP contribution in [0.1, 0.15) is 38.9 Å². The quantitative estimate of drug-likeness (QED) is 0.785. The van der Waals surface area contributed by atoms with Crippen molar-refractivity contribution < 1.29 is 9.90 Å². The highest BCUT2D eigenvalue weighted by molar-refractivity contribution is 6.03. The van der Waals surface area contributed by atoms with Crippen LogP contribution in [0, 0.1) is 0 Å². The summed E-state index contributed by atoms with van der Waals surface area (Å²) in [5.41, 5.74) is 2.08. The van der Waals surface area contributed by atoms with Crippen molar-refractivity contribution in [3.8, 4) is 0 Å². The highest BCUT2D eigenvalue weighted by Crippen LogP contribution is 2.22. The second kappa shape index (κ2) is 6.21. The summed E-state index contributed by atoms with van der Waals surface area (Å²) in [6, 6.07) is 7.27. The van der Waals surface area contributed by atoms with Crippen LogP contribution < -0.4 is 5.32 Å². The van der Waals surface area contributed by atoms with E-state index in [9.17, 15) is 9.90 Å². The Morgan fingerprint density at radius 3 is 2.71 bits per heavy atom. The van der Waals surface area contributed by atoms with Crippen molar-refractivity contribution in [2.45, 2.75) is 33.3 Å². The number of benzene rings is 1. The molecule has 3 heteroatoms. The summed E-state index contributed by atoms with van der Waals surface area (Å²) < 4.78 is 0. The van der Waals surface area contributed by atoms with Crippen molar-refractivity contribution in [1.29, 1.82) is 0 Å². The Bertz CT molecular complexity index is 422. The first-order valence-electron chi connectivity index (χ1n) is 5.81. The predicted octanol–water partition coefficient (Wildman–Crippen LogP) is 3.03. The van der Waals surface area contributed by atoms with E-state index in [2.05, 4.69) is 5.32 Å². The summed E-state index contributed by atoms with van der Waals surface area (Å²) in [6.07, 6.45) is 2.11. The smallest absolute Gasteiger partial charge is 0.250 e. The van der Waals surface area contributed by atoms with E-state index in [1.54, 1.807) is 26.0 Å². The molecule has 1 amide bonds. The summed E-state index contributed by atoms with van der Waals surface area (Å²) in [7, 11) is 0. The first kappa shape index (κ1) is 13.5. The molecule has 17 heavy (non-hydrogen) atoms. The Morgan fingerprint density at radius 2 is 2.12 bits per heavy atom. The highest BCUT2D eigenvalue weighted by Gasteiger charge is 2.10. The van der Waals surface area contributed by atoms with E-state index in [0.29, 0.717) is 11.3 Å². The molecule has 0 aliphatic carbocycles. The number of carbonyl (C=O) groups is 1. The van der Waals surface area contributed by atoms with Crippen LogP contribution in [-0.2, 0) is 4.79 Å². The topological polar surface area (TPSA) is 49.3 Å². The van der Waals surface area contributed by atoms with Crippen molar-refractivity contribution in [1.82, 2.24) is 0 Å². The third kappa shape index (κ3) is 3.71. The second-order valence-corrected chi connectivity index (χ2v) is 4.01. The van der Waals surface area contributed by atoms with E-state index >= 15 is 0 Å². The van der Waals surface area contributed by atoms with Crippen LogP contribution in [0.25, 0.3) is 0 Å². The number of amides is 1. The van der Waals surface area contributed by atoms with Gasteiger partial charge in [-0.1, -0.05) is 31.2 Å². The molecule has 92 valence electrons. The Labute approximate surface area is 102 Å². The van der Waals surface area contributed by atoms with E-state index in [0.717, 1.165) is 12.0 Å². The molecule has 3 nitrogen and oxygen atoms in total. The number of anilines is 1. The lowest BCUT2D eigenvalue weighted by molar-refractivity contribution is -0.112. The molecule has 0 saturated carbocycles. The summed E-state index contributed by atoms with van der Waals surface area (Å²) in [4.78, 5) is 11.8. The largest absolute Gasteiger partial charge is 0.389 e. The lowest BCUT2D eigenvalue weighted by atomic mass is 10.1. The van der Waals surface area contributed by atoms with Crippen LogP contribution in [0.4, 0.5) is 5.69 Å². The van der Waals surface area contributed by atoms with Gasteiger partial charge in [-0.05, 0) is 26.3 Å². The maximum Gasteiger partial charge on any atom is 0.250 e. The Balaban J connectivity index is 2.89. The van der Waals surface area contributed by atoms with Gasteiger partial charge in [0.2, 0.25) is 0 Å². The van der Waals surface area contributed by atoms with Crippen molar-refractivity contribution in [2.24, 2.45) is 0 Å². The number of hydrogen-bond donors (Lipinski definition) is 2. The molecule has 1 unspecified atom stereocenters.